The number of rotatable bonds is 3. The summed E-state index contributed by atoms with van der Waals surface area (Å²) < 4.78 is 0. The van der Waals surface area contributed by atoms with E-state index < -0.39 is 0 Å². The summed E-state index contributed by atoms with van der Waals surface area (Å²) in [4.78, 5) is 25.6. The number of fused-ring (bicyclic) bond motifs is 1. The van der Waals surface area contributed by atoms with Gasteiger partial charge < -0.3 is 10.2 Å². The predicted molar refractivity (Wildman–Crippen MR) is 89.8 cm³/mol. The number of nitro groups is 1. The van der Waals surface area contributed by atoms with Gasteiger partial charge in [-0.15, -0.1) is 0 Å². The molecule has 6 nitrogen and oxygen atoms in total. The van der Waals surface area contributed by atoms with Gasteiger partial charge in [0, 0.05) is 28.9 Å². The number of benzene rings is 2. The van der Waals surface area contributed by atoms with E-state index in [0.717, 1.165) is 24.1 Å². The van der Waals surface area contributed by atoms with Crippen molar-refractivity contribution in [1.29, 1.82) is 0 Å². The molecule has 2 aromatic rings. The standard InChI is InChI=1S/C18H17N3O3/c1-11-6-7-12(10-16(11)21(23)24)17-19-15-5-3-2-4-14(15)18(22)20(17)13-8-9-13/h2-7,10,13,17,19H,8-9H2,1H3/t17-/m1/s1. The Morgan fingerprint density at radius 2 is 1.96 bits per heavy atom. The highest BCUT2D eigenvalue weighted by Crippen LogP contribution is 2.41. The molecule has 1 atom stereocenters. The van der Waals surface area contributed by atoms with Crippen LogP contribution < -0.4 is 5.32 Å². The van der Waals surface area contributed by atoms with Gasteiger partial charge in [0.15, 0.2) is 0 Å². The molecule has 0 saturated heterocycles. The van der Waals surface area contributed by atoms with Gasteiger partial charge in [0.25, 0.3) is 11.6 Å². The third-order valence-corrected chi connectivity index (χ3v) is 4.65. The van der Waals surface area contributed by atoms with Crippen LogP contribution in [0.25, 0.3) is 0 Å². The molecule has 6 heteroatoms. The zero-order valence-electron chi connectivity index (χ0n) is 13.2. The number of nitro benzene ring substituents is 1. The Labute approximate surface area is 139 Å². The SMILES string of the molecule is Cc1ccc([C@@H]2Nc3ccccc3C(=O)N2C2CC2)cc1[N+](=O)[O-]. The van der Waals surface area contributed by atoms with E-state index in [-0.39, 0.29) is 28.7 Å². The van der Waals surface area contributed by atoms with Crippen LogP contribution in [0.5, 0.6) is 0 Å². The highest BCUT2D eigenvalue weighted by molar-refractivity contribution is 6.02. The van der Waals surface area contributed by atoms with E-state index in [4.69, 9.17) is 0 Å². The molecule has 1 amide bonds. The Morgan fingerprint density at radius 1 is 1.21 bits per heavy atom. The van der Waals surface area contributed by atoms with Crippen molar-refractivity contribution in [1.82, 2.24) is 4.90 Å². The number of nitrogens with zero attached hydrogens (tertiary/aromatic N) is 2. The molecule has 1 saturated carbocycles. The summed E-state index contributed by atoms with van der Waals surface area (Å²) in [6.45, 7) is 1.72. The highest BCUT2D eigenvalue weighted by Gasteiger charge is 2.42. The van der Waals surface area contributed by atoms with E-state index in [2.05, 4.69) is 5.32 Å². The van der Waals surface area contributed by atoms with Crippen LogP contribution in [0.2, 0.25) is 0 Å². The molecule has 24 heavy (non-hydrogen) atoms. The predicted octanol–water partition coefficient (Wildman–Crippen LogP) is 3.63. The Morgan fingerprint density at radius 3 is 2.67 bits per heavy atom. The molecule has 1 fully saturated rings. The Kier molecular flexibility index (Phi) is 3.26. The normalized spacial score (nSPS) is 19.6. The third kappa shape index (κ3) is 2.31. The number of para-hydroxylation sites is 1. The van der Waals surface area contributed by atoms with Crippen molar-refractivity contribution in [3.05, 3.63) is 69.3 Å². The lowest BCUT2D eigenvalue weighted by Crippen LogP contribution is -2.44. The molecule has 0 bridgehead atoms. The summed E-state index contributed by atoms with van der Waals surface area (Å²) >= 11 is 0. The minimum Gasteiger partial charge on any atom is -0.361 e. The van der Waals surface area contributed by atoms with Gasteiger partial charge in [0.05, 0.1) is 10.5 Å². The van der Waals surface area contributed by atoms with Gasteiger partial charge >= 0.3 is 0 Å². The van der Waals surface area contributed by atoms with Gasteiger partial charge in [-0.05, 0) is 31.9 Å². The van der Waals surface area contributed by atoms with Crippen molar-refractivity contribution < 1.29 is 9.72 Å². The second-order valence-corrected chi connectivity index (χ2v) is 6.34. The number of hydrogen-bond acceptors (Lipinski definition) is 4. The molecule has 2 aromatic carbocycles. The van der Waals surface area contributed by atoms with Crippen molar-refractivity contribution >= 4 is 17.3 Å². The van der Waals surface area contributed by atoms with Crippen molar-refractivity contribution in [3.63, 3.8) is 0 Å². The number of anilines is 1. The molecule has 0 radical (unpaired) electrons. The Bertz CT molecular complexity index is 845. The van der Waals surface area contributed by atoms with Crippen LogP contribution in [0.3, 0.4) is 0 Å². The number of carbonyl (C=O) groups is 1. The minimum absolute atomic E-state index is 0.0138. The van der Waals surface area contributed by atoms with E-state index in [0.29, 0.717) is 11.1 Å². The van der Waals surface area contributed by atoms with E-state index in [9.17, 15) is 14.9 Å². The van der Waals surface area contributed by atoms with Gasteiger partial charge in [-0.1, -0.05) is 24.3 Å². The fraction of sp³-hybridized carbons (Fsp3) is 0.278. The molecule has 0 aromatic heterocycles. The average Bonchev–Trinajstić information content (AvgIpc) is 3.39. The lowest BCUT2D eigenvalue weighted by molar-refractivity contribution is -0.385. The molecule has 1 heterocycles. The molecule has 0 spiro atoms. The fourth-order valence-corrected chi connectivity index (χ4v) is 3.24. The summed E-state index contributed by atoms with van der Waals surface area (Å²) in [5, 5.41) is 14.6. The van der Waals surface area contributed by atoms with E-state index in [1.807, 2.05) is 35.2 Å². The second-order valence-electron chi connectivity index (χ2n) is 6.34. The fourth-order valence-electron chi connectivity index (χ4n) is 3.24. The topological polar surface area (TPSA) is 75.5 Å². The first-order chi connectivity index (χ1) is 11.6. The lowest BCUT2D eigenvalue weighted by atomic mass is 10.0. The number of nitrogens with one attached hydrogen (secondary N) is 1. The van der Waals surface area contributed by atoms with E-state index >= 15 is 0 Å². The van der Waals surface area contributed by atoms with Gasteiger partial charge in [-0.2, -0.15) is 0 Å². The largest absolute Gasteiger partial charge is 0.361 e. The zero-order valence-corrected chi connectivity index (χ0v) is 13.2. The van der Waals surface area contributed by atoms with E-state index in [1.54, 1.807) is 19.1 Å². The first-order valence-electron chi connectivity index (χ1n) is 7.99. The summed E-state index contributed by atoms with van der Waals surface area (Å²) in [5.41, 5.74) is 2.86. The first kappa shape index (κ1) is 14.7. The molecule has 1 aliphatic heterocycles. The summed E-state index contributed by atoms with van der Waals surface area (Å²) in [7, 11) is 0. The molecular formula is C18H17N3O3. The molecular weight excluding hydrogens is 306 g/mol. The van der Waals surface area contributed by atoms with E-state index in [1.165, 1.54) is 0 Å². The number of amides is 1. The molecule has 2 aliphatic rings. The molecule has 0 unspecified atom stereocenters. The van der Waals surface area contributed by atoms with Crippen LogP contribution in [0.15, 0.2) is 42.5 Å². The van der Waals surface area contributed by atoms with Crippen LogP contribution in [0.4, 0.5) is 11.4 Å². The van der Waals surface area contributed by atoms with Gasteiger partial charge in [-0.25, -0.2) is 0 Å². The average molecular weight is 323 g/mol. The second kappa shape index (κ2) is 5.33. The summed E-state index contributed by atoms with van der Waals surface area (Å²) in [6, 6.07) is 12.8. The molecule has 1 N–H and O–H groups in total. The van der Waals surface area contributed by atoms with Crippen molar-refractivity contribution in [2.24, 2.45) is 0 Å². The first-order valence-corrected chi connectivity index (χ1v) is 7.99. The molecule has 1 aliphatic carbocycles. The third-order valence-electron chi connectivity index (χ3n) is 4.65. The zero-order chi connectivity index (χ0) is 16.8. The van der Waals surface area contributed by atoms with Gasteiger partial charge in [-0.3, -0.25) is 14.9 Å². The number of aryl methyl sites for hydroxylation is 1. The maximum Gasteiger partial charge on any atom is 0.272 e. The Hall–Kier alpha value is -2.89. The highest BCUT2D eigenvalue weighted by atomic mass is 16.6. The van der Waals surface area contributed by atoms with Crippen molar-refractivity contribution in [2.45, 2.75) is 32.0 Å². The minimum atomic E-state index is -0.376. The number of hydrogen-bond donors (Lipinski definition) is 1. The maximum absolute atomic E-state index is 12.9. The molecule has 4 rings (SSSR count). The van der Waals surface area contributed by atoms with Crippen molar-refractivity contribution in [3.8, 4) is 0 Å². The van der Waals surface area contributed by atoms with Gasteiger partial charge in [0.1, 0.15) is 6.17 Å². The maximum atomic E-state index is 12.9. The lowest BCUT2D eigenvalue weighted by Gasteiger charge is -2.38. The van der Waals surface area contributed by atoms with Crippen LogP contribution >= 0.6 is 0 Å². The summed E-state index contributed by atoms with van der Waals surface area (Å²) in [5.74, 6) is -0.0138. The monoisotopic (exact) mass is 323 g/mol. The Balaban J connectivity index is 1.80. The smallest absolute Gasteiger partial charge is 0.272 e. The molecule has 122 valence electrons. The van der Waals surface area contributed by atoms with Gasteiger partial charge in [0.2, 0.25) is 0 Å². The van der Waals surface area contributed by atoms with Crippen molar-refractivity contribution in [2.75, 3.05) is 5.32 Å². The van der Waals surface area contributed by atoms with Crippen LogP contribution in [0, 0.1) is 17.0 Å². The van der Waals surface area contributed by atoms with Crippen LogP contribution in [-0.4, -0.2) is 21.8 Å². The number of carbonyl (C=O) groups excluding carboxylic acids is 1. The van der Waals surface area contributed by atoms with Crippen LogP contribution in [0.1, 0.15) is 40.5 Å². The summed E-state index contributed by atoms with van der Waals surface area (Å²) in [6.07, 6.45) is 1.57. The quantitative estimate of drug-likeness (QED) is 0.691. The van der Waals surface area contributed by atoms with Crippen LogP contribution in [-0.2, 0) is 0 Å².